The number of piperidine rings is 1. The Balaban J connectivity index is 1.50. The average Bonchev–Trinajstić information content (AvgIpc) is 3.16. The number of carbonyl (C=O) groups is 1. The van der Waals surface area contributed by atoms with Gasteiger partial charge in [-0.2, -0.15) is 0 Å². The van der Waals surface area contributed by atoms with E-state index in [0.717, 1.165) is 28.8 Å². The molecule has 140 valence electrons. The van der Waals surface area contributed by atoms with Gasteiger partial charge < -0.3 is 9.88 Å². The summed E-state index contributed by atoms with van der Waals surface area (Å²) in [7, 11) is 0. The fourth-order valence-corrected chi connectivity index (χ4v) is 4.22. The third kappa shape index (κ3) is 3.98. The first kappa shape index (κ1) is 18.0. The first-order chi connectivity index (χ1) is 13.1. The van der Waals surface area contributed by atoms with Crippen LogP contribution in [0.1, 0.15) is 43.5 Å². The Morgan fingerprint density at radius 1 is 1.15 bits per heavy atom. The van der Waals surface area contributed by atoms with Crippen LogP contribution in [0.4, 0.5) is 0 Å². The highest BCUT2D eigenvalue weighted by Gasteiger charge is 2.24. The number of likely N-dealkylation sites (tertiary alicyclic amines) is 1. The zero-order chi connectivity index (χ0) is 18.8. The predicted octanol–water partition coefficient (Wildman–Crippen LogP) is 5.53. The Bertz CT molecular complexity index is 940. The number of aromatic nitrogens is 1. The van der Waals surface area contributed by atoms with Crippen molar-refractivity contribution < 1.29 is 4.79 Å². The topological polar surface area (TPSA) is 36.1 Å². The van der Waals surface area contributed by atoms with E-state index < -0.39 is 0 Å². The summed E-state index contributed by atoms with van der Waals surface area (Å²) in [6.45, 7) is 6.71. The van der Waals surface area contributed by atoms with E-state index in [2.05, 4.69) is 60.1 Å². The SMILES string of the molecule is CC(C)N1CCC[C@@H](CC(=O)c2cccc(-c3ccc4[nH]ccc4c3)c2)C1. The molecule has 3 heteroatoms. The summed E-state index contributed by atoms with van der Waals surface area (Å²) in [6.07, 6.45) is 4.98. The largest absolute Gasteiger partial charge is 0.361 e. The molecule has 27 heavy (non-hydrogen) atoms. The van der Waals surface area contributed by atoms with Crippen LogP contribution in [0.15, 0.2) is 54.7 Å². The lowest BCUT2D eigenvalue weighted by Gasteiger charge is -2.35. The van der Waals surface area contributed by atoms with Crippen LogP contribution in [0.25, 0.3) is 22.0 Å². The summed E-state index contributed by atoms with van der Waals surface area (Å²) in [5.41, 5.74) is 4.23. The van der Waals surface area contributed by atoms with Crippen LogP contribution in [-0.4, -0.2) is 34.8 Å². The van der Waals surface area contributed by atoms with Crippen LogP contribution >= 0.6 is 0 Å². The number of benzene rings is 2. The molecule has 2 aromatic carbocycles. The third-order valence-corrected chi connectivity index (χ3v) is 5.83. The smallest absolute Gasteiger partial charge is 0.163 e. The standard InChI is InChI=1S/C24H28N2O/c1-17(2)26-12-4-5-18(16-26)13-24(27)22-7-3-6-19(15-22)20-8-9-23-21(14-20)10-11-25-23/h3,6-11,14-15,17-18,25H,4-5,12-13,16H2,1-2H3/t18-/m0/s1. The number of hydrogen-bond acceptors (Lipinski definition) is 2. The van der Waals surface area contributed by atoms with Crippen molar-refractivity contribution in [1.29, 1.82) is 0 Å². The number of rotatable bonds is 5. The molecule has 4 rings (SSSR count). The summed E-state index contributed by atoms with van der Waals surface area (Å²) >= 11 is 0. The van der Waals surface area contributed by atoms with Gasteiger partial charge in [-0.05, 0) is 79.9 Å². The number of ketones is 1. The first-order valence-corrected chi connectivity index (χ1v) is 10.0. The van der Waals surface area contributed by atoms with Crippen molar-refractivity contribution in [1.82, 2.24) is 9.88 Å². The maximum atomic E-state index is 12.9. The Labute approximate surface area is 161 Å². The highest BCUT2D eigenvalue weighted by Crippen LogP contribution is 2.27. The zero-order valence-electron chi connectivity index (χ0n) is 16.2. The Hall–Kier alpha value is -2.39. The van der Waals surface area contributed by atoms with Gasteiger partial charge in [0.05, 0.1) is 0 Å². The van der Waals surface area contributed by atoms with E-state index in [0.29, 0.717) is 18.4 Å². The molecule has 3 aromatic rings. The number of hydrogen-bond donors (Lipinski definition) is 1. The van der Waals surface area contributed by atoms with Crippen LogP contribution in [0.2, 0.25) is 0 Å². The molecule has 1 aliphatic heterocycles. The lowest BCUT2D eigenvalue weighted by Crippen LogP contribution is -2.40. The van der Waals surface area contributed by atoms with E-state index in [1.54, 1.807) is 0 Å². The average molecular weight is 361 g/mol. The molecule has 0 unspecified atom stereocenters. The third-order valence-electron chi connectivity index (χ3n) is 5.83. The maximum absolute atomic E-state index is 12.9. The summed E-state index contributed by atoms with van der Waals surface area (Å²) < 4.78 is 0. The first-order valence-electron chi connectivity index (χ1n) is 10.0. The van der Waals surface area contributed by atoms with Crippen molar-refractivity contribution in [2.24, 2.45) is 5.92 Å². The van der Waals surface area contributed by atoms with E-state index in [1.807, 2.05) is 18.3 Å². The van der Waals surface area contributed by atoms with Crippen molar-refractivity contribution in [3.63, 3.8) is 0 Å². The monoisotopic (exact) mass is 360 g/mol. The number of fused-ring (bicyclic) bond motifs is 1. The van der Waals surface area contributed by atoms with Crippen molar-refractivity contribution in [2.45, 2.75) is 39.2 Å². The molecule has 0 aliphatic carbocycles. The molecule has 1 aromatic heterocycles. The summed E-state index contributed by atoms with van der Waals surface area (Å²) in [5.74, 6) is 0.753. The molecule has 1 saturated heterocycles. The van der Waals surface area contributed by atoms with E-state index in [1.165, 1.54) is 24.8 Å². The van der Waals surface area contributed by atoms with Crippen LogP contribution in [0, 0.1) is 5.92 Å². The molecule has 0 spiro atoms. The number of H-pyrrole nitrogens is 1. The van der Waals surface area contributed by atoms with E-state index >= 15 is 0 Å². The molecule has 0 bridgehead atoms. The molecule has 1 N–H and O–H groups in total. The van der Waals surface area contributed by atoms with Crippen molar-refractivity contribution in [2.75, 3.05) is 13.1 Å². The second-order valence-electron chi connectivity index (χ2n) is 8.08. The maximum Gasteiger partial charge on any atom is 0.163 e. The molecule has 1 aliphatic rings. The zero-order valence-corrected chi connectivity index (χ0v) is 16.2. The number of nitrogens with one attached hydrogen (secondary N) is 1. The number of aromatic amines is 1. The highest BCUT2D eigenvalue weighted by molar-refractivity contribution is 5.97. The van der Waals surface area contributed by atoms with Gasteiger partial charge in [0.25, 0.3) is 0 Å². The van der Waals surface area contributed by atoms with E-state index in [-0.39, 0.29) is 5.78 Å². The minimum Gasteiger partial charge on any atom is -0.361 e. The van der Waals surface area contributed by atoms with Gasteiger partial charge in [-0.1, -0.05) is 24.3 Å². The minimum atomic E-state index is 0.273. The van der Waals surface area contributed by atoms with Gasteiger partial charge in [0.15, 0.2) is 5.78 Å². The van der Waals surface area contributed by atoms with Crippen LogP contribution < -0.4 is 0 Å². The van der Waals surface area contributed by atoms with Gasteiger partial charge in [0, 0.05) is 36.3 Å². The van der Waals surface area contributed by atoms with Gasteiger partial charge >= 0.3 is 0 Å². The van der Waals surface area contributed by atoms with Crippen molar-refractivity contribution in [3.05, 3.63) is 60.3 Å². The lowest BCUT2D eigenvalue weighted by molar-refractivity contribution is 0.0890. The molecule has 1 atom stereocenters. The number of nitrogens with zero attached hydrogens (tertiary/aromatic N) is 1. The summed E-state index contributed by atoms with van der Waals surface area (Å²) in [6, 6.07) is 17.1. The van der Waals surface area contributed by atoms with E-state index in [4.69, 9.17) is 0 Å². The second-order valence-corrected chi connectivity index (χ2v) is 8.08. The Morgan fingerprint density at radius 2 is 2.00 bits per heavy atom. The molecule has 0 radical (unpaired) electrons. The molecule has 3 nitrogen and oxygen atoms in total. The number of Topliss-reactive ketones (excluding diaryl/α,β-unsaturated/α-hetero) is 1. The molecule has 1 fully saturated rings. The molecule has 0 saturated carbocycles. The normalized spacial score (nSPS) is 18.3. The highest BCUT2D eigenvalue weighted by atomic mass is 16.1. The Morgan fingerprint density at radius 3 is 2.85 bits per heavy atom. The lowest BCUT2D eigenvalue weighted by atomic mass is 9.89. The van der Waals surface area contributed by atoms with Crippen LogP contribution in [0.3, 0.4) is 0 Å². The summed E-state index contributed by atoms with van der Waals surface area (Å²) in [5, 5.41) is 1.19. The van der Waals surface area contributed by atoms with Gasteiger partial charge in [0.2, 0.25) is 0 Å². The second kappa shape index (κ2) is 7.69. The summed E-state index contributed by atoms with van der Waals surface area (Å²) in [4.78, 5) is 18.7. The van der Waals surface area contributed by atoms with Crippen molar-refractivity contribution >= 4 is 16.7 Å². The van der Waals surface area contributed by atoms with Gasteiger partial charge in [-0.25, -0.2) is 0 Å². The molecule has 0 amide bonds. The minimum absolute atomic E-state index is 0.273. The quantitative estimate of drug-likeness (QED) is 0.607. The molecular weight excluding hydrogens is 332 g/mol. The fourth-order valence-electron chi connectivity index (χ4n) is 4.22. The van der Waals surface area contributed by atoms with E-state index in [9.17, 15) is 4.79 Å². The van der Waals surface area contributed by atoms with Gasteiger partial charge in [-0.3, -0.25) is 4.79 Å². The van der Waals surface area contributed by atoms with Crippen molar-refractivity contribution in [3.8, 4) is 11.1 Å². The molecular formula is C24H28N2O. The Kier molecular flexibility index (Phi) is 5.13. The molecule has 2 heterocycles. The van der Waals surface area contributed by atoms with Gasteiger partial charge in [0.1, 0.15) is 0 Å². The fraction of sp³-hybridized carbons (Fsp3) is 0.375. The van der Waals surface area contributed by atoms with Crippen LogP contribution in [-0.2, 0) is 0 Å². The van der Waals surface area contributed by atoms with Gasteiger partial charge in [-0.15, -0.1) is 0 Å². The number of carbonyl (C=O) groups excluding carboxylic acids is 1. The van der Waals surface area contributed by atoms with Crippen LogP contribution in [0.5, 0.6) is 0 Å². The predicted molar refractivity (Wildman–Crippen MR) is 112 cm³/mol.